The Kier molecular flexibility index (Phi) is 4.76. The van der Waals surface area contributed by atoms with E-state index in [1.165, 1.54) is 6.07 Å². The maximum absolute atomic E-state index is 12.9. The number of hydrogen-bond acceptors (Lipinski definition) is 4. The Morgan fingerprint density at radius 2 is 2.00 bits per heavy atom. The van der Waals surface area contributed by atoms with Crippen LogP contribution in [0.2, 0.25) is 0 Å². The minimum Gasteiger partial charge on any atom is -0.459 e. The quantitative estimate of drug-likeness (QED) is 0.835. The maximum atomic E-state index is 12.9. The number of hydrogen-bond donors (Lipinski definition) is 1. The zero-order valence-electron chi connectivity index (χ0n) is 13.7. The van der Waals surface area contributed by atoms with Crippen LogP contribution < -0.4 is 5.73 Å². The summed E-state index contributed by atoms with van der Waals surface area (Å²) in [7, 11) is 0. The first-order chi connectivity index (χ1) is 11.9. The minimum absolute atomic E-state index is 0.286. The van der Waals surface area contributed by atoms with Crippen molar-refractivity contribution < 1.29 is 22.4 Å². The van der Waals surface area contributed by atoms with Crippen LogP contribution in [-0.2, 0) is 11.0 Å². The molecule has 2 heterocycles. The lowest BCUT2D eigenvalue weighted by Gasteiger charge is -2.20. The Labute approximate surface area is 143 Å². The molecule has 1 aromatic heterocycles. The summed E-state index contributed by atoms with van der Waals surface area (Å²) in [4.78, 5) is 5.47. The van der Waals surface area contributed by atoms with Gasteiger partial charge in [0.05, 0.1) is 5.56 Å². The van der Waals surface area contributed by atoms with Gasteiger partial charge in [0.1, 0.15) is 17.6 Å². The van der Waals surface area contributed by atoms with Crippen LogP contribution in [0, 0.1) is 0 Å². The van der Waals surface area contributed by atoms with Crippen molar-refractivity contribution in [3.8, 4) is 11.3 Å². The molecule has 7 heteroatoms. The smallest absolute Gasteiger partial charge is 0.416 e. The van der Waals surface area contributed by atoms with Crippen LogP contribution in [-0.4, -0.2) is 11.6 Å². The molecule has 0 bridgehead atoms. The van der Waals surface area contributed by atoms with Crippen LogP contribution in [0.15, 0.2) is 52.8 Å². The Balaban J connectivity index is 1.85. The van der Waals surface area contributed by atoms with Gasteiger partial charge in [0.15, 0.2) is 0 Å². The fourth-order valence-electron chi connectivity index (χ4n) is 2.70. The van der Waals surface area contributed by atoms with Crippen molar-refractivity contribution in [1.29, 1.82) is 0 Å². The number of unbranched alkanes of at least 4 members (excludes halogenated alkanes) is 1. The maximum Gasteiger partial charge on any atom is 0.416 e. The summed E-state index contributed by atoms with van der Waals surface area (Å²) in [6.07, 6.45) is -0.734. The molecule has 3 rings (SSSR count). The minimum atomic E-state index is -4.39. The molecule has 134 valence electrons. The Morgan fingerprint density at radius 3 is 2.72 bits per heavy atom. The number of halogens is 3. The Hall–Kier alpha value is -2.41. The number of furan rings is 1. The molecule has 4 nitrogen and oxygen atoms in total. The van der Waals surface area contributed by atoms with Crippen molar-refractivity contribution in [2.24, 2.45) is 5.73 Å². The number of nitrogens with zero attached hydrogens (tertiary/aromatic N) is 1. The number of rotatable bonds is 5. The third kappa shape index (κ3) is 3.82. The van der Waals surface area contributed by atoms with Crippen LogP contribution in [0.1, 0.15) is 37.1 Å². The van der Waals surface area contributed by atoms with E-state index in [1.807, 2.05) is 0 Å². The summed E-state index contributed by atoms with van der Waals surface area (Å²) < 4.78 is 44.4. The van der Waals surface area contributed by atoms with Gasteiger partial charge in [-0.05, 0) is 30.7 Å². The average Bonchev–Trinajstić information content (AvgIpc) is 3.18. The summed E-state index contributed by atoms with van der Waals surface area (Å²) in [5, 5.41) is 1.72. The van der Waals surface area contributed by atoms with Gasteiger partial charge in [0, 0.05) is 18.2 Å². The molecule has 0 saturated heterocycles. The van der Waals surface area contributed by atoms with E-state index in [1.54, 1.807) is 29.3 Å². The van der Waals surface area contributed by atoms with Crippen LogP contribution in [0.5, 0.6) is 0 Å². The highest BCUT2D eigenvalue weighted by atomic mass is 19.4. The lowest BCUT2D eigenvalue weighted by atomic mass is 10.1. The second-order valence-corrected chi connectivity index (χ2v) is 5.88. The summed E-state index contributed by atoms with van der Waals surface area (Å²) in [5.41, 5.74) is 5.41. The van der Waals surface area contributed by atoms with E-state index < -0.39 is 11.7 Å². The van der Waals surface area contributed by atoms with Crippen molar-refractivity contribution in [2.45, 2.75) is 32.0 Å². The van der Waals surface area contributed by atoms with E-state index in [0.29, 0.717) is 23.6 Å². The summed E-state index contributed by atoms with van der Waals surface area (Å²) in [6.45, 7) is 2.75. The van der Waals surface area contributed by atoms with E-state index in [4.69, 9.17) is 15.0 Å². The highest BCUT2D eigenvalue weighted by Gasteiger charge is 2.32. The second-order valence-electron chi connectivity index (χ2n) is 5.88. The first-order valence-corrected chi connectivity index (χ1v) is 8.07. The zero-order valence-corrected chi connectivity index (χ0v) is 13.7. The molecule has 0 radical (unpaired) electrons. The summed E-state index contributed by atoms with van der Waals surface area (Å²) in [6, 6.07) is 8.17. The van der Waals surface area contributed by atoms with Gasteiger partial charge >= 0.3 is 6.18 Å². The summed E-state index contributed by atoms with van der Waals surface area (Å²) in [5.74, 6) is 1.23. The second kappa shape index (κ2) is 6.84. The van der Waals surface area contributed by atoms with E-state index in [9.17, 15) is 13.2 Å². The number of alkyl halides is 3. The normalized spacial score (nSPS) is 18.2. The SMILES string of the molecule is CCCCN1OC(N)=CC1c1ccc(-c2cccc(C(F)(F)F)c2)o1. The van der Waals surface area contributed by atoms with Gasteiger partial charge in [-0.15, -0.1) is 5.06 Å². The van der Waals surface area contributed by atoms with Gasteiger partial charge in [-0.3, -0.25) is 0 Å². The number of benzene rings is 1. The highest BCUT2D eigenvalue weighted by molar-refractivity contribution is 5.59. The van der Waals surface area contributed by atoms with Crippen LogP contribution in [0.3, 0.4) is 0 Å². The van der Waals surface area contributed by atoms with Crippen molar-refractivity contribution >= 4 is 0 Å². The lowest BCUT2D eigenvalue weighted by Crippen LogP contribution is -2.24. The third-order valence-corrected chi connectivity index (χ3v) is 3.98. The van der Waals surface area contributed by atoms with Crippen molar-refractivity contribution in [2.75, 3.05) is 6.54 Å². The zero-order chi connectivity index (χ0) is 18.0. The van der Waals surface area contributed by atoms with Crippen LogP contribution >= 0.6 is 0 Å². The average molecular weight is 352 g/mol. The molecule has 0 spiro atoms. The molecule has 0 amide bonds. The molecule has 2 aromatic rings. The molecule has 0 saturated carbocycles. The monoisotopic (exact) mass is 352 g/mol. The molecule has 2 N–H and O–H groups in total. The molecular weight excluding hydrogens is 333 g/mol. The predicted molar refractivity (Wildman–Crippen MR) is 86.9 cm³/mol. The van der Waals surface area contributed by atoms with E-state index >= 15 is 0 Å². The molecule has 1 aliphatic rings. The first-order valence-electron chi connectivity index (χ1n) is 8.07. The molecule has 1 aliphatic heterocycles. The van der Waals surface area contributed by atoms with Gasteiger partial charge in [-0.2, -0.15) is 13.2 Å². The van der Waals surface area contributed by atoms with Gasteiger partial charge in [0.25, 0.3) is 0 Å². The number of nitrogens with two attached hydrogens (primary N) is 1. The van der Waals surface area contributed by atoms with Crippen LogP contribution in [0.25, 0.3) is 11.3 Å². The largest absolute Gasteiger partial charge is 0.459 e. The molecule has 1 unspecified atom stereocenters. The lowest BCUT2D eigenvalue weighted by molar-refractivity contribution is -0.137. The fraction of sp³-hybridized carbons (Fsp3) is 0.333. The molecule has 1 atom stereocenters. The Bertz CT molecular complexity index is 768. The van der Waals surface area contributed by atoms with E-state index in [0.717, 1.165) is 25.0 Å². The van der Waals surface area contributed by atoms with Crippen molar-refractivity contribution in [3.05, 3.63) is 59.7 Å². The summed E-state index contributed by atoms with van der Waals surface area (Å²) >= 11 is 0. The van der Waals surface area contributed by atoms with Crippen molar-refractivity contribution in [1.82, 2.24) is 5.06 Å². The molecule has 1 aromatic carbocycles. The molecular formula is C18H19F3N2O2. The predicted octanol–water partition coefficient (Wildman–Crippen LogP) is 4.85. The topological polar surface area (TPSA) is 51.6 Å². The molecule has 0 aliphatic carbocycles. The molecule has 0 fully saturated rings. The number of hydroxylamine groups is 2. The Morgan fingerprint density at radius 1 is 1.20 bits per heavy atom. The highest BCUT2D eigenvalue weighted by Crippen LogP contribution is 2.36. The van der Waals surface area contributed by atoms with Crippen molar-refractivity contribution in [3.63, 3.8) is 0 Å². The van der Waals surface area contributed by atoms with E-state index in [-0.39, 0.29) is 11.9 Å². The third-order valence-electron chi connectivity index (χ3n) is 3.98. The van der Waals surface area contributed by atoms with Crippen LogP contribution in [0.4, 0.5) is 13.2 Å². The van der Waals surface area contributed by atoms with Gasteiger partial charge in [0.2, 0.25) is 5.88 Å². The van der Waals surface area contributed by atoms with Gasteiger partial charge in [-0.25, -0.2) is 0 Å². The molecule has 25 heavy (non-hydrogen) atoms. The van der Waals surface area contributed by atoms with E-state index in [2.05, 4.69) is 6.92 Å². The fourth-order valence-corrected chi connectivity index (χ4v) is 2.70. The first kappa shape index (κ1) is 17.4. The van der Waals surface area contributed by atoms with Gasteiger partial charge < -0.3 is 15.0 Å². The van der Waals surface area contributed by atoms with Gasteiger partial charge in [-0.1, -0.05) is 25.5 Å². The standard InChI is InChI=1S/C18H19F3N2O2/c1-2-3-9-23-14(11-17(22)25-23)16-8-7-15(24-16)12-5-4-6-13(10-12)18(19,20)21/h4-8,10-11,14H,2-3,9,22H2,1H3.